The Kier molecular flexibility index (Phi) is 8.44. The summed E-state index contributed by atoms with van der Waals surface area (Å²) in [5.74, 6) is 0.653. The Morgan fingerprint density at radius 3 is 2.14 bits per heavy atom. The number of nitro groups is 1. The van der Waals surface area contributed by atoms with Gasteiger partial charge in [0.25, 0.3) is 11.6 Å². The summed E-state index contributed by atoms with van der Waals surface area (Å²) in [7, 11) is 4.73. The Bertz CT molecular complexity index is 1110. The lowest BCUT2D eigenvalue weighted by Gasteiger charge is -2.35. The highest BCUT2D eigenvalue weighted by Gasteiger charge is 2.26. The zero-order valence-electron chi connectivity index (χ0n) is 20.0. The molecule has 4 N–H and O–H groups in total. The summed E-state index contributed by atoms with van der Waals surface area (Å²) in [4.78, 5) is 31.5. The molecule has 1 amide bonds. The van der Waals surface area contributed by atoms with E-state index in [-0.39, 0.29) is 17.8 Å². The standard InChI is InChI=1S/C23H30N6O6/c1-33-19-8-7-15(20(34-2)21(19)35-3)13-27-9-11-28(12-10-27)14-17-16(22(30)26-23(24)25)5-4-6-18(17)29(31)32/h4-8H,9-14H2,1-3H3,(H4,24,25,26,30). The molecule has 0 bridgehead atoms. The third kappa shape index (κ3) is 5.97. The first kappa shape index (κ1) is 25.7. The van der Waals surface area contributed by atoms with Crippen LogP contribution in [0.3, 0.4) is 0 Å². The lowest BCUT2D eigenvalue weighted by atomic mass is 10.0. The van der Waals surface area contributed by atoms with Gasteiger partial charge in [0.1, 0.15) is 0 Å². The fourth-order valence-electron chi connectivity index (χ4n) is 4.15. The lowest BCUT2D eigenvalue weighted by Crippen LogP contribution is -2.45. The van der Waals surface area contributed by atoms with Crippen molar-refractivity contribution in [2.24, 2.45) is 16.5 Å². The van der Waals surface area contributed by atoms with Gasteiger partial charge in [-0.05, 0) is 12.1 Å². The summed E-state index contributed by atoms with van der Waals surface area (Å²) < 4.78 is 16.4. The van der Waals surface area contributed by atoms with Crippen LogP contribution in [0.1, 0.15) is 21.5 Å². The number of hydrogen-bond acceptors (Lipinski definition) is 8. The van der Waals surface area contributed by atoms with E-state index in [1.165, 1.54) is 18.2 Å². The topological polar surface area (TPSA) is 159 Å². The van der Waals surface area contributed by atoms with Crippen molar-refractivity contribution in [2.45, 2.75) is 13.1 Å². The van der Waals surface area contributed by atoms with Crippen molar-refractivity contribution < 1.29 is 23.9 Å². The van der Waals surface area contributed by atoms with Gasteiger partial charge in [0.15, 0.2) is 17.5 Å². The van der Waals surface area contributed by atoms with Crippen LogP contribution < -0.4 is 25.7 Å². The predicted octanol–water partition coefficient (Wildman–Crippen LogP) is 1.35. The zero-order valence-corrected chi connectivity index (χ0v) is 20.0. The molecule has 12 nitrogen and oxygen atoms in total. The zero-order chi connectivity index (χ0) is 25.5. The van der Waals surface area contributed by atoms with Gasteiger partial charge in [-0.15, -0.1) is 0 Å². The first-order chi connectivity index (χ1) is 16.8. The smallest absolute Gasteiger partial charge is 0.280 e. The molecule has 0 unspecified atom stereocenters. The summed E-state index contributed by atoms with van der Waals surface area (Å²) in [5, 5.41) is 11.6. The maximum Gasteiger partial charge on any atom is 0.280 e. The molecular formula is C23H30N6O6. The van der Waals surface area contributed by atoms with Gasteiger partial charge < -0.3 is 25.7 Å². The minimum absolute atomic E-state index is 0.116. The number of carbonyl (C=O) groups excluding carboxylic acids is 1. The average molecular weight is 487 g/mol. The number of nitrogens with zero attached hydrogens (tertiary/aromatic N) is 4. The molecule has 0 aromatic heterocycles. The summed E-state index contributed by atoms with van der Waals surface area (Å²) >= 11 is 0. The minimum atomic E-state index is -0.706. The molecule has 1 heterocycles. The average Bonchev–Trinajstić information content (AvgIpc) is 2.84. The van der Waals surface area contributed by atoms with Crippen LogP contribution in [-0.2, 0) is 13.1 Å². The van der Waals surface area contributed by atoms with Gasteiger partial charge in [-0.25, -0.2) is 0 Å². The van der Waals surface area contributed by atoms with Gasteiger partial charge in [0.05, 0.1) is 37.4 Å². The van der Waals surface area contributed by atoms with Gasteiger partial charge in [0.2, 0.25) is 5.75 Å². The minimum Gasteiger partial charge on any atom is -0.493 e. The van der Waals surface area contributed by atoms with Crippen molar-refractivity contribution in [3.8, 4) is 17.2 Å². The Hall–Kier alpha value is -3.90. The van der Waals surface area contributed by atoms with Crippen LogP contribution in [0, 0.1) is 10.1 Å². The normalized spacial score (nSPS) is 14.3. The molecule has 188 valence electrons. The first-order valence-corrected chi connectivity index (χ1v) is 10.9. The maximum atomic E-state index is 12.5. The van der Waals surface area contributed by atoms with Gasteiger partial charge in [-0.2, -0.15) is 4.99 Å². The highest BCUT2D eigenvalue weighted by Crippen LogP contribution is 2.40. The molecule has 3 rings (SSSR count). The number of ether oxygens (including phenoxy) is 3. The number of aliphatic imine (C=N–C) groups is 1. The number of carbonyl (C=O) groups is 1. The molecule has 1 aliphatic heterocycles. The SMILES string of the molecule is COc1ccc(CN2CCN(Cc3c(C(=O)N=C(N)N)cccc3[N+](=O)[O-])CC2)c(OC)c1OC. The second kappa shape index (κ2) is 11.5. The molecule has 0 spiro atoms. The molecule has 1 saturated heterocycles. The number of amides is 1. The Morgan fingerprint density at radius 1 is 0.971 bits per heavy atom. The molecule has 0 radical (unpaired) electrons. The molecule has 0 saturated carbocycles. The van der Waals surface area contributed by atoms with E-state index in [4.69, 9.17) is 25.7 Å². The Balaban J connectivity index is 1.74. The number of hydrogen-bond donors (Lipinski definition) is 2. The van der Waals surface area contributed by atoms with Crippen LogP contribution in [0.15, 0.2) is 35.3 Å². The van der Waals surface area contributed by atoms with Crippen LogP contribution in [0.5, 0.6) is 17.2 Å². The van der Waals surface area contributed by atoms with Gasteiger partial charge >= 0.3 is 0 Å². The van der Waals surface area contributed by atoms with E-state index in [0.29, 0.717) is 42.4 Å². The van der Waals surface area contributed by atoms with Gasteiger partial charge in [-0.1, -0.05) is 12.1 Å². The van der Waals surface area contributed by atoms with E-state index >= 15 is 0 Å². The Labute approximate surface area is 203 Å². The second-order valence-corrected chi connectivity index (χ2v) is 7.95. The number of rotatable bonds is 9. The van der Waals surface area contributed by atoms with Crippen molar-refractivity contribution in [3.63, 3.8) is 0 Å². The largest absolute Gasteiger partial charge is 0.493 e. The molecule has 1 fully saturated rings. The number of nitrogens with two attached hydrogens (primary N) is 2. The molecule has 1 aliphatic rings. The maximum absolute atomic E-state index is 12.5. The lowest BCUT2D eigenvalue weighted by molar-refractivity contribution is -0.385. The molecule has 0 atom stereocenters. The first-order valence-electron chi connectivity index (χ1n) is 10.9. The quantitative estimate of drug-likeness (QED) is 0.229. The fourth-order valence-corrected chi connectivity index (χ4v) is 4.15. The third-order valence-electron chi connectivity index (χ3n) is 5.84. The number of benzene rings is 2. The van der Waals surface area contributed by atoms with Crippen molar-refractivity contribution in [2.75, 3.05) is 47.5 Å². The fraction of sp³-hybridized carbons (Fsp3) is 0.391. The summed E-state index contributed by atoms with van der Waals surface area (Å²) in [6.45, 7) is 3.60. The third-order valence-corrected chi connectivity index (χ3v) is 5.84. The second-order valence-electron chi connectivity index (χ2n) is 7.95. The van der Waals surface area contributed by atoms with Crippen molar-refractivity contribution in [3.05, 3.63) is 57.1 Å². The van der Waals surface area contributed by atoms with E-state index < -0.39 is 16.8 Å². The molecule has 2 aromatic rings. The van der Waals surface area contributed by atoms with Crippen molar-refractivity contribution >= 4 is 17.6 Å². The van der Waals surface area contributed by atoms with Gasteiger partial charge in [0, 0.05) is 50.9 Å². The summed E-state index contributed by atoms with van der Waals surface area (Å²) in [5.41, 5.74) is 11.9. The highest BCUT2D eigenvalue weighted by atomic mass is 16.6. The van der Waals surface area contributed by atoms with Crippen LogP contribution in [0.25, 0.3) is 0 Å². The van der Waals surface area contributed by atoms with E-state index in [1.54, 1.807) is 21.3 Å². The number of methoxy groups -OCH3 is 3. The van der Waals surface area contributed by atoms with E-state index in [9.17, 15) is 14.9 Å². The van der Waals surface area contributed by atoms with Crippen LogP contribution in [0.4, 0.5) is 5.69 Å². The van der Waals surface area contributed by atoms with Crippen LogP contribution in [-0.4, -0.2) is 74.1 Å². The number of nitro benzene ring substituents is 1. The Morgan fingerprint density at radius 2 is 1.60 bits per heavy atom. The molecule has 12 heteroatoms. The predicted molar refractivity (Wildman–Crippen MR) is 130 cm³/mol. The monoisotopic (exact) mass is 486 g/mol. The van der Waals surface area contributed by atoms with Crippen LogP contribution in [0.2, 0.25) is 0 Å². The number of piperazine rings is 1. The summed E-state index contributed by atoms with van der Waals surface area (Å²) in [6, 6.07) is 8.11. The molecule has 2 aromatic carbocycles. The molecular weight excluding hydrogens is 456 g/mol. The van der Waals surface area contributed by atoms with E-state index in [0.717, 1.165) is 18.7 Å². The highest BCUT2D eigenvalue weighted by molar-refractivity contribution is 6.03. The van der Waals surface area contributed by atoms with Gasteiger partial charge in [-0.3, -0.25) is 24.7 Å². The number of guanidine groups is 1. The molecule has 0 aliphatic carbocycles. The van der Waals surface area contributed by atoms with Crippen molar-refractivity contribution in [1.82, 2.24) is 9.80 Å². The van der Waals surface area contributed by atoms with Crippen molar-refractivity contribution in [1.29, 1.82) is 0 Å². The van der Waals surface area contributed by atoms with E-state index in [2.05, 4.69) is 14.8 Å². The molecule has 35 heavy (non-hydrogen) atoms. The summed E-state index contributed by atoms with van der Waals surface area (Å²) in [6.07, 6.45) is 0. The van der Waals surface area contributed by atoms with E-state index in [1.807, 2.05) is 12.1 Å². The van der Waals surface area contributed by atoms with Crippen LogP contribution >= 0.6 is 0 Å².